The fourth-order valence-electron chi connectivity index (χ4n) is 2.07. The van der Waals surface area contributed by atoms with Crippen LogP contribution in [0.5, 0.6) is 0 Å². The third kappa shape index (κ3) is 4.35. The predicted molar refractivity (Wildman–Crippen MR) is 79.2 cm³/mol. The van der Waals surface area contributed by atoms with Crippen molar-refractivity contribution < 1.29 is 5.11 Å². The largest absolute Gasteiger partial charge is 0.387 e. The Hall–Kier alpha value is -1.35. The summed E-state index contributed by atoms with van der Waals surface area (Å²) in [6, 6.07) is 17.6. The van der Waals surface area contributed by atoms with Crippen molar-refractivity contribution in [2.24, 2.45) is 0 Å². The van der Waals surface area contributed by atoms with Crippen LogP contribution in [-0.2, 0) is 6.54 Å². The molecular weight excluding hydrogens is 258 g/mol. The smallest absolute Gasteiger partial charge is 0.0917 e. The Morgan fingerprint density at radius 1 is 1.11 bits per heavy atom. The number of hydrogen-bond acceptors (Lipinski definition) is 2. The van der Waals surface area contributed by atoms with Crippen LogP contribution in [0.2, 0.25) is 5.02 Å². The summed E-state index contributed by atoms with van der Waals surface area (Å²) in [5.41, 5.74) is 2.09. The molecule has 0 saturated carbocycles. The van der Waals surface area contributed by atoms with Gasteiger partial charge in [-0.3, -0.25) is 4.90 Å². The molecule has 0 aliphatic carbocycles. The first-order valence-electron chi connectivity index (χ1n) is 6.31. The van der Waals surface area contributed by atoms with Gasteiger partial charge in [0.05, 0.1) is 6.10 Å². The number of aliphatic hydroxyl groups is 1. The number of rotatable bonds is 5. The molecule has 1 N–H and O–H groups in total. The molecule has 19 heavy (non-hydrogen) atoms. The Bertz CT molecular complexity index is 515. The van der Waals surface area contributed by atoms with Crippen LogP contribution in [0, 0.1) is 0 Å². The summed E-state index contributed by atoms with van der Waals surface area (Å²) >= 11 is 5.93. The molecule has 0 fully saturated rings. The summed E-state index contributed by atoms with van der Waals surface area (Å²) in [5.74, 6) is 0. The van der Waals surface area contributed by atoms with Crippen LogP contribution >= 0.6 is 11.6 Å². The molecule has 0 aromatic heterocycles. The maximum atomic E-state index is 10.2. The van der Waals surface area contributed by atoms with Gasteiger partial charge in [-0.15, -0.1) is 0 Å². The molecule has 2 aromatic rings. The van der Waals surface area contributed by atoms with Crippen molar-refractivity contribution in [3.05, 3.63) is 70.7 Å². The fraction of sp³-hybridized carbons (Fsp3) is 0.250. The van der Waals surface area contributed by atoms with E-state index in [2.05, 4.69) is 17.0 Å². The minimum atomic E-state index is -0.521. The molecule has 0 unspecified atom stereocenters. The van der Waals surface area contributed by atoms with Crippen molar-refractivity contribution in [2.75, 3.05) is 13.6 Å². The van der Waals surface area contributed by atoms with Crippen molar-refractivity contribution >= 4 is 11.6 Å². The van der Waals surface area contributed by atoms with Gasteiger partial charge in [0.25, 0.3) is 0 Å². The number of likely N-dealkylation sites (N-methyl/N-ethyl adjacent to an activating group) is 1. The monoisotopic (exact) mass is 275 g/mol. The lowest BCUT2D eigenvalue weighted by Gasteiger charge is -2.21. The second kappa shape index (κ2) is 6.71. The molecule has 0 spiro atoms. The molecule has 2 nitrogen and oxygen atoms in total. The molecule has 3 heteroatoms. The predicted octanol–water partition coefficient (Wildman–Crippen LogP) is 3.51. The van der Waals surface area contributed by atoms with Crippen LogP contribution in [0.15, 0.2) is 54.6 Å². The number of hydrogen-bond donors (Lipinski definition) is 1. The molecule has 0 heterocycles. The summed E-state index contributed by atoms with van der Waals surface area (Å²) in [6.45, 7) is 1.40. The van der Waals surface area contributed by atoms with E-state index in [9.17, 15) is 5.11 Å². The zero-order valence-corrected chi connectivity index (χ0v) is 11.7. The van der Waals surface area contributed by atoms with Crippen molar-refractivity contribution in [1.29, 1.82) is 0 Å². The van der Waals surface area contributed by atoms with E-state index in [1.807, 2.05) is 49.5 Å². The number of halogens is 1. The Kier molecular flexibility index (Phi) is 4.97. The zero-order chi connectivity index (χ0) is 13.7. The molecule has 0 radical (unpaired) electrons. The quantitative estimate of drug-likeness (QED) is 0.903. The van der Waals surface area contributed by atoms with Crippen LogP contribution < -0.4 is 0 Å². The lowest BCUT2D eigenvalue weighted by atomic mass is 10.1. The third-order valence-corrected chi connectivity index (χ3v) is 3.25. The summed E-state index contributed by atoms with van der Waals surface area (Å²) < 4.78 is 0. The van der Waals surface area contributed by atoms with Gasteiger partial charge in [-0.1, -0.05) is 54.1 Å². The topological polar surface area (TPSA) is 23.5 Å². The maximum absolute atomic E-state index is 10.2. The summed E-state index contributed by atoms with van der Waals surface area (Å²) in [4.78, 5) is 2.10. The first-order chi connectivity index (χ1) is 9.15. The highest BCUT2D eigenvalue weighted by atomic mass is 35.5. The van der Waals surface area contributed by atoms with E-state index in [0.29, 0.717) is 11.6 Å². The summed E-state index contributed by atoms with van der Waals surface area (Å²) in [5, 5.41) is 10.8. The Labute approximate surface area is 119 Å². The highest BCUT2D eigenvalue weighted by Crippen LogP contribution is 2.18. The first kappa shape index (κ1) is 14.1. The maximum Gasteiger partial charge on any atom is 0.0917 e. The number of benzene rings is 2. The van der Waals surface area contributed by atoms with Gasteiger partial charge in [0.15, 0.2) is 0 Å². The molecular formula is C16H18ClNO. The zero-order valence-electron chi connectivity index (χ0n) is 11.0. The molecule has 0 amide bonds. The lowest BCUT2D eigenvalue weighted by molar-refractivity contribution is 0.124. The molecule has 2 rings (SSSR count). The molecule has 0 aliphatic rings. The van der Waals surface area contributed by atoms with Crippen LogP contribution in [0.3, 0.4) is 0 Å². The van der Waals surface area contributed by atoms with Crippen molar-refractivity contribution in [1.82, 2.24) is 4.90 Å². The van der Waals surface area contributed by atoms with E-state index in [0.717, 1.165) is 12.1 Å². The molecule has 2 aromatic carbocycles. The molecule has 100 valence electrons. The average Bonchev–Trinajstić information content (AvgIpc) is 2.39. The second-order valence-electron chi connectivity index (χ2n) is 4.75. The first-order valence-corrected chi connectivity index (χ1v) is 6.69. The minimum Gasteiger partial charge on any atom is -0.387 e. The second-order valence-corrected chi connectivity index (χ2v) is 5.19. The normalized spacial score (nSPS) is 12.6. The van der Waals surface area contributed by atoms with Crippen molar-refractivity contribution in [3.63, 3.8) is 0 Å². The van der Waals surface area contributed by atoms with Gasteiger partial charge in [0.1, 0.15) is 0 Å². The van der Waals surface area contributed by atoms with Gasteiger partial charge in [0.2, 0.25) is 0 Å². The van der Waals surface area contributed by atoms with Crippen LogP contribution in [0.4, 0.5) is 0 Å². The van der Waals surface area contributed by atoms with E-state index in [4.69, 9.17) is 11.6 Å². The van der Waals surface area contributed by atoms with Crippen LogP contribution in [0.25, 0.3) is 0 Å². The SMILES string of the molecule is CN(Cc1ccccc1)C[C@H](O)c1cccc(Cl)c1. The molecule has 0 bridgehead atoms. The number of aliphatic hydroxyl groups excluding tert-OH is 1. The van der Waals surface area contributed by atoms with E-state index < -0.39 is 6.10 Å². The Morgan fingerprint density at radius 3 is 2.53 bits per heavy atom. The Morgan fingerprint density at radius 2 is 1.84 bits per heavy atom. The fourth-order valence-corrected chi connectivity index (χ4v) is 2.27. The van der Waals surface area contributed by atoms with E-state index in [1.54, 1.807) is 0 Å². The van der Waals surface area contributed by atoms with E-state index >= 15 is 0 Å². The average molecular weight is 276 g/mol. The third-order valence-electron chi connectivity index (χ3n) is 3.01. The van der Waals surface area contributed by atoms with Crippen molar-refractivity contribution in [3.8, 4) is 0 Å². The van der Waals surface area contributed by atoms with E-state index in [-0.39, 0.29) is 0 Å². The van der Waals surface area contributed by atoms with Gasteiger partial charge in [-0.05, 0) is 30.3 Å². The lowest BCUT2D eigenvalue weighted by Crippen LogP contribution is -2.24. The van der Waals surface area contributed by atoms with Gasteiger partial charge >= 0.3 is 0 Å². The molecule has 0 aliphatic heterocycles. The summed E-state index contributed by atoms with van der Waals surface area (Å²) in [7, 11) is 2.00. The standard InChI is InChI=1S/C16H18ClNO/c1-18(11-13-6-3-2-4-7-13)12-16(19)14-8-5-9-15(17)10-14/h2-10,16,19H,11-12H2,1H3/t16-/m0/s1. The van der Waals surface area contributed by atoms with Gasteiger partial charge in [-0.25, -0.2) is 0 Å². The summed E-state index contributed by atoms with van der Waals surface area (Å²) in [6.07, 6.45) is -0.521. The van der Waals surface area contributed by atoms with Crippen LogP contribution in [0.1, 0.15) is 17.2 Å². The minimum absolute atomic E-state index is 0.521. The Balaban J connectivity index is 1.93. The molecule has 1 atom stereocenters. The van der Waals surface area contributed by atoms with Crippen molar-refractivity contribution in [2.45, 2.75) is 12.6 Å². The van der Waals surface area contributed by atoms with Crippen LogP contribution in [-0.4, -0.2) is 23.6 Å². The highest BCUT2D eigenvalue weighted by Gasteiger charge is 2.11. The van der Waals surface area contributed by atoms with Gasteiger partial charge in [-0.2, -0.15) is 0 Å². The van der Waals surface area contributed by atoms with Gasteiger partial charge < -0.3 is 5.11 Å². The number of nitrogens with zero attached hydrogens (tertiary/aromatic N) is 1. The van der Waals surface area contributed by atoms with Gasteiger partial charge in [0, 0.05) is 18.1 Å². The van der Waals surface area contributed by atoms with E-state index in [1.165, 1.54) is 5.56 Å². The molecule has 0 saturated heterocycles. The highest BCUT2D eigenvalue weighted by molar-refractivity contribution is 6.30.